The maximum Gasteiger partial charge on any atom is 0.303 e. The summed E-state index contributed by atoms with van der Waals surface area (Å²) in [5, 5.41) is 16.5. The Balaban J connectivity index is 0. The van der Waals surface area contributed by atoms with Gasteiger partial charge in [-0.3, -0.25) is 9.59 Å². The van der Waals surface area contributed by atoms with Gasteiger partial charge in [0.15, 0.2) is 0 Å². The Morgan fingerprint density at radius 3 is 1.37 bits per heavy atom. The minimum Gasteiger partial charge on any atom is -0.481 e. The predicted molar refractivity (Wildman–Crippen MR) is 77.4 cm³/mol. The largest absolute Gasteiger partial charge is 0.481 e. The van der Waals surface area contributed by atoms with Crippen LogP contribution in [0.3, 0.4) is 0 Å². The Bertz CT molecular complexity index is 214. The Morgan fingerprint density at radius 1 is 0.632 bits per heavy atom. The zero-order chi connectivity index (χ0) is 14.9. The number of carboxylic acids is 2. The van der Waals surface area contributed by atoms with Crippen LogP contribution in [-0.4, -0.2) is 22.2 Å². The van der Waals surface area contributed by atoms with E-state index in [2.05, 4.69) is 13.8 Å². The van der Waals surface area contributed by atoms with Crippen LogP contribution in [0.5, 0.6) is 0 Å². The van der Waals surface area contributed by atoms with E-state index in [9.17, 15) is 9.59 Å². The average molecular weight is 274 g/mol. The molecule has 0 aromatic heterocycles. The van der Waals surface area contributed by atoms with Gasteiger partial charge in [-0.1, -0.05) is 58.8 Å². The molecule has 0 aliphatic heterocycles. The van der Waals surface area contributed by atoms with Gasteiger partial charge in [0, 0.05) is 12.8 Å². The summed E-state index contributed by atoms with van der Waals surface area (Å²) in [6.07, 6.45) is 10.5. The molecule has 0 fully saturated rings. The van der Waals surface area contributed by atoms with E-state index >= 15 is 0 Å². The molecular weight excluding hydrogens is 244 g/mol. The smallest absolute Gasteiger partial charge is 0.303 e. The highest BCUT2D eigenvalue weighted by molar-refractivity contribution is 5.66. The molecule has 0 atom stereocenters. The van der Waals surface area contributed by atoms with Crippen LogP contribution in [0.25, 0.3) is 0 Å². The van der Waals surface area contributed by atoms with Gasteiger partial charge >= 0.3 is 11.9 Å². The van der Waals surface area contributed by atoms with Crippen LogP contribution in [0.1, 0.15) is 84.5 Å². The first-order valence-electron chi connectivity index (χ1n) is 7.48. The van der Waals surface area contributed by atoms with Crippen molar-refractivity contribution >= 4 is 11.9 Å². The molecule has 114 valence electrons. The molecule has 0 heterocycles. The molecule has 0 spiro atoms. The third-order valence-electron chi connectivity index (χ3n) is 2.74. The number of rotatable bonds is 11. The van der Waals surface area contributed by atoms with Crippen molar-refractivity contribution in [2.45, 2.75) is 84.5 Å². The molecule has 4 nitrogen and oxygen atoms in total. The highest BCUT2D eigenvalue weighted by Crippen LogP contribution is 2.06. The average Bonchev–Trinajstić information content (AvgIpc) is 2.34. The van der Waals surface area contributed by atoms with E-state index < -0.39 is 11.9 Å². The van der Waals surface area contributed by atoms with E-state index in [4.69, 9.17) is 10.2 Å². The summed E-state index contributed by atoms with van der Waals surface area (Å²) in [4.78, 5) is 20.0. The quantitative estimate of drug-likeness (QED) is 0.545. The summed E-state index contributed by atoms with van der Waals surface area (Å²) in [6.45, 7) is 4.24. The number of hydrogen-bond donors (Lipinski definition) is 2. The topological polar surface area (TPSA) is 74.6 Å². The normalized spacial score (nSPS) is 9.58. The fraction of sp³-hybridized carbons (Fsp3) is 0.867. The fourth-order valence-corrected chi connectivity index (χ4v) is 1.58. The molecule has 4 heteroatoms. The third kappa shape index (κ3) is 26.5. The van der Waals surface area contributed by atoms with E-state index in [1.807, 2.05) is 0 Å². The fourth-order valence-electron chi connectivity index (χ4n) is 1.58. The van der Waals surface area contributed by atoms with Crippen molar-refractivity contribution in [1.82, 2.24) is 0 Å². The van der Waals surface area contributed by atoms with Gasteiger partial charge in [-0.25, -0.2) is 0 Å². The molecule has 0 unspecified atom stereocenters. The molecule has 19 heavy (non-hydrogen) atoms. The zero-order valence-electron chi connectivity index (χ0n) is 12.5. The lowest BCUT2D eigenvalue weighted by Gasteiger charge is -1.97. The number of carboxylic acid groups (broad SMARTS) is 2. The maximum absolute atomic E-state index is 10.1. The van der Waals surface area contributed by atoms with Crippen molar-refractivity contribution in [2.24, 2.45) is 0 Å². The molecule has 0 saturated heterocycles. The Labute approximate surface area is 117 Å². The SMILES string of the molecule is CCCCCC(=O)O.CCCCCCCCC(=O)O. The zero-order valence-corrected chi connectivity index (χ0v) is 12.5. The van der Waals surface area contributed by atoms with E-state index in [-0.39, 0.29) is 0 Å². The summed E-state index contributed by atoms with van der Waals surface area (Å²) in [5.74, 6) is -1.35. The van der Waals surface area contributed by atoms with Crippen LogP contribution < -0.4 is 0 Å². The van der Waals surface area contributed by atoms with Gasteiger partial charge in [-0.2, -0.15) is 0 Å². The Kier molecular flexibility index (Phi) is 18.1. The monoisotopic (exact) mass is 274 g/mol. The summed E-state index contributed by atoms with van der Waals surface area (Å²) in [7, 11) is 0. The van der Waals surface area contributed by atoms with Crippen molar-refractivity contribution in [2.75, 3.05) is 0 Å². The second kappa shape index (κ2) is 16.9. The number of hydrogen-bond acceptors (Lipinski definition) is 2. The Morgan fingerprint density at radius 2 is 0.947 bits per heavy atom. The lowest BCUT2D eigenvalue weighted by Crippen LogP contribution is -1.93. The molecular formula is C15H30O4. The lowest BCUT2D eigenvalue weighted by molar-refractivity contribution is -0.138. The first-order valence-corrected chi connectivity index (χ1v) is 7.48. The molecule has 0 amide bonds. The van der Waals surface area contributed by atoms with Gasteiger partial charge in [0.25, 0.3) is 0 Å². The first-order chi connectivity index (χ1) is 9.04. The van der Waals surface area contributed by atoms with Crippen molar-refractivity contribution in [3.8, 4) is 0 Å². The summed E-state index contributed by atoms with van der Waals surface area (Å²) in [6, 6.07) is 0. The number of carbonyl (C=O) groups is 2. The molecule has 0 aromatic rings. The van der Waals surface area contributed by atoms with E-state index in [0.29, 0.717) is 12.8 Å². The number of unbranched alkanes of at least 4 members (excludes halogenated alkanes) is 7. The van der Waals surface area contributed by atoms with Crippen LogP contribution >= 0.6 is 0 Å². The summed E-state index contributed by atoms with van der Waals surface area (Å²) < 4.78 is 0. The highest BCUT2D eigenvalue weighted by Gasteiger charge is 1.95. The molecule has 0 rings (SSSR count). The summed E-state index contributed by atoms with van der Waals surface area (Å²) >= 11 is 0. The maximum atomic E-state index is 10.1. The van der Waals surface area contributed by atoms with E-state index in [0.717, 1.165) is 32.1 Å². The van der Waals surface area contributed by atoms with Gasteiger partial charge in [0.2, 0.25) is 0 Å². The van der Waals surface area contributed by atoms with Crippen LogP contribution in [0, 0.1) is 0 Å². The van der Waals surface area contributed by atoms with Crippen molar-refractivity contribution in [3.05, 3.63) is 0 Å². The van der Waals surface area contributed by atoms with Gasteiger partial charge in [-0.05, 0) is 12.8 Å². The van der Waals surface area contributed by atoms with Gasteiger partial charge in [0.1, 0.15) is 0 Å². The molecule has 2 N–H and O–H groups in total. The Hall–Kier alpha value is -1.06. The second-order valence-electron chi connectivity index (χ2n) is 4.76. The minimum atomic E-state index is -0.682. The minimum absolute atomic E-state index is 0.327. The van der Waals surface area contributed by atoms with Crippen LogP contribution in [0.2, 0.25) is 0 Å². The lowest BCUT2D eigenvalue weighted by atomic mass is 10.1. The van der Waals surface area contributed by atoms with Crippen LogP contribution in [0.4, 0.5) is 0 Å². The van der Waals surface area contributed by atoms with Crippen LogP contribution in [0.15, 0.2) is 0 Å². The highest BCUT2D eigenvalue weighted by atomic mass is 16.4. The van der Waals surface area contributed by atoms with Crippen molar-refractivity contribution < 1.29 is 19.8 Å². The standard InChI is InChI=1S/C9H18O2.C6H12O2/c1-2-3-4-5-6-7-8-9(10)11;1-2-3-4-5-6(7)8/h2-8H2,1H3,(H,10,11);2-5H2,1H3,(H,7,8). The van der Waals surface area contributed by atoms with Gasteiger partial charge in [0.05, 0.1) is 0 Å². The van der Waals surface area contributed by atoms with Gasteiger partial charge < -0.3 is 10.2 Å². The molecule has 0 radical (unpaired) electrons. The van der Waals surface area contributed by atoms with Crippen molar-refractivity contribution in [3.63, 3.8) is 0 Å². The molecule has 0 aliphatic rings. The second-order valence-corrected chi connectivity index (χ2v) is 4.76. The van der Waals surface area contributed by atoms with Crippen LogP contribution in [-0.2, 0) is 9.59 Å². The molecule has 0 aromatic carbocycles. The third-order valence-corrected chi connectivity index (χ3v) is 2.74. The molecule has 0 bridgehead atoms. The summed E-state index contributed by atoms with van der Waals surface area (Å²) in [5.41, 5.74) is 0. The van der Waals surface area contributed by atoms with E-state index in [1.165, 1.54) is 25.7 Å². The number of aliphatic carboxylic acids is 2. The first kappa shape index (κ1) is 20.3. The molecule has 0 saturated carbocycles. The molecule has 0 aliphatic carbocycles. The predicted octanol–water partition coefficient (Wildman–Crippen LogP) is 4.47. The van der Waals surface area contributed by atoms with E-state index in [1.54, 1.807) is 0 Å². The van der Waals surface area contributed by atoms with Gasteiger partial charge in [-0.15, -0.1) is 0 Å². The van der Waals surface area contributed by atoms with Crippen molar-refractivity contribution in [1.29, 1.82) is 0 Å².